The summed E-state index contributed by atoms with van der Waals surface area (Å²) < 4.78 is 15.9. The molecule has 0 atom stereocenters. The van der Waals surface area contributed by atoms with Gasteiger partial charge in [-0.1, -0.05) is 29.5 Å². The molecule has 0 amide bonds. The Morgan fingerprint density at radius 2 is 2.13 bits per heavy atom. The second-order valence-electron chi connectivity index (χ2n) is 4.44. The number of hydrogen-bond donors (Lipinski definition) is 1. The molecule has 7 heteroatoms. The van der Waals surface area contributed by atoms with Crippen LogP contribution in [0.2, 0.25) is 0 Å². The summed E-state index contributed by atoms with van der Waals surface area (Å²) in [5.41, 5.74) is 6.91. The molecule has 0 radical (unpaired) electrons. The van der Waals surface area contributed by atoms with E-state index in [-0.39, 0.29) is 29.3 Å². The number of methoxy groups -OCH3 is 1. The molecule has 6 nitrogen and oxygen atoms in total. The van der Waals surface area contributed by atoms with Crippen LogP contribution in [0.5, 0.6) is 10.8 Å². The first-order chi connectivity index (χ1) is 11.1. The number of anilines is 1. The smallest absolute Gasteiger partial charge is 0.350 e. The minimum Gasteiger partial charge on any atom is -0.496 e. The van der Waals surface area contributed by atoms with Crippen LogP contribution in [0.3, 0.4) is 0 Å². The first-order valence-electron chi connectivity index (χ1n) is 6.86. The normalized spacial score (nSPS) is 9.96. The third kappa shape index (κ3) is 3.55. The fourth-order valence-electron chi connectivity index (χ4n) is 1.94. The Balaban J connectivity index is 2.25. The van der Waals surface area contributed by atoms with Crippen molar-refractivity contribution in [1.29, 1.82) is 5.26 Å². The van der Waals surface area contributed by atoms with Crippen molar-refractivity contribution in [3.63, 3.8) is 0 Å². The molecule has 0 unspecified atom stereocenters. The molecule has 2 rings (SSSR count). The van der Waals surface area contributed by atoms with Crippen molar-refractivity contribution in [3.05, 3.63) is 40.3 Å². The number of thiophene rings is 1. The minimum absolute atomic E-state index is 0.0889. The summed E-state index contributed by atoms with van der Waals surface area (Å²) in [6.07, 6.45) is 0. The maximum atomic E-state index is 11.8. The van der Waals surface area contributed by atoms with E-state index in [1.807, 2.05) is 30.3 Å². The number of nitrogens with two attached hydrogens (primary N) is 1. The number of nitriles is 1. The third-order valence-corrected chi connectivity index (χ3v) is 4.13. The topological polar surface area (TPSA) is 94.6 Å². The number of carbonyl (C=O) groups is 1. The van der Waals surface area contributed by atoms with Gasteiger partial charge in [0.05, 0.1) is 19.4 Å². The number of carbonyl (C=O) groups excluding carboxylic acids is 1. The van der Waals surface area contributed by atoms with Gasteiger partial charge in [-0.2, -0.15) is 5.26 Å². The van der Waals surface area contributed by atoms with Crippen molar-refractivity contribution in [3.8, 4) is 16.9 Å². The number of rotatable bonds is 6. The molecule has 0 spiro atoms. The van der Waals surface area contributed by atoms with Gasteiger partial charge in [-0.05, 0) is 13.0 Å². The summed E-state index contributed by atoms with van der Waals surface area (Å²) in [5.74, 6) is 0.125. The second kappa shape index (κ2) is 7.51. The summed E-state index contributed by atoms with van der Waals surface area (Å²) in [4.78, 5) is 12.0. The molecule has 0 aliphatic rings. The van der Waals surface area contributed by atoms with E-state index in [0.717, 1.165) is 16.9 Å². The third-order valence-electron chi connectivity index (χ3n) is 3.04. The summed E-state index contributed by atoms with van der Waals surface area (Å²) in [7, 11) is 1.57. The van der Waals surface area contributed by atoms with Crippen LogP contribution < -0.4 is 15.2 Å². The zero-order valence-corrected chi connectivity index (χ0v) is 13.6. The van der Waals surface area contributed by atoms with Crippen LogP contribution in [0.25, 0.3) is 0 Å². The van der Waals surface area contributed by atoms with Crippen LogP contribution in [-0.4, -0.2) is 19.7 Å². The fourth-order valence-corrected chi connectivity index (χ4v) is 2.86. The molecule has 0 aliphatic heterocycles. The quantitative estimate of drug-likeness (QED) is 0.817. The number of esters is 1. The molecule has 1 heterocycles. The molecular weight excluding hydrogens is 316 g/mol. The van der Waals surface area contributed by atoms with Crippen LogP contribution in [0, 0.1) is 11.3 Å². The fraction of sp³-hybridized carbons (Fsp3) is 0.250. The van der Waals surface area contributed by atoms with Gasteiger partial charge in [0.2, 0.25) is 0 Å². The van der Waals surface area contributed by atoms with Crippen LogP contribution in [0.4, 0.5) is 5.69 Å². The van der Waals surface area contributed by atoms with E-state index in [1.54, 1.807) is 14.0 Å². The molecule has 0 saturated carbocycles. The lowest BCUT2D eigenvalue weighted by Gasteiger charge is -2.08. The van der Waals surface area contributed by atoms with Gasteiger partial charge in [-0.15, -0.1) is 0 Å². The first-order valence-corrected chi connectivity index (χ1v) is 7.68. The highest BCUT2D eigenvalue weighted by molar-refractivity contribution is 7.16. The Bertz CT molecular complexity index is 749. The molecule has 1 aromatic carbocycles. The molecule has 0 bridgehead atoms. The van der Waals surface area contributed by atoms with Crippen molar-refractivity contribution in [2.75, 3.05) is 19.5 Å². The van der Waals surface area contributed by atoms with E-state index in [0.29, 0.717) is 10.8 Å². The van der Waals surface area contributed by atoms with E-state index in [9.17, 15) is 10.1 Å². The molecule has 2 aromatic rings. The molecule has 2 N–H and O–H groups in total. The highest BCUT2D eigenvalue weighted by Gasteiger charge is 2.23. The van der Waals surface area contributed by atoms with Crippen LogP contribution in [0.1, 0.15) is 27.7 Å². The number of hydrogen-bond acceptors (Lipinski definition) is 7. The lowest BCUT2D eigenvalue weighted by molar-refractivity contribution is 0.0533. The number of para-hydroxylation sites is 1. The molecular formula is C16H16N2O4S. The van der Waals surface area contributed by atoms with Crippen LogP contribution in [0.15, 0.2) is 24.3 Å². The molecule has 0 fully saturated rings. The minimum atomic E-state index is -0.557. The zero-order valence-electron chi connectivity index (χ0n) is 12.8. The van der Waals surface area contributed by atoms with Crippen molar-refractivity contribution in [2.45, 2.75) is 13.5 Å². The van der Waals surface area contributed by atoms with E-state index >= 15 is 0 Å². The summed E-state index contributed by atoms with van der Waals surface area (Å²) >= 11 is 1.01. The molecule has 1 aromatic heterocycles. The van der Waals surface area contributed by atoms with Crippen molar-refractivity contribution < 1.29 is 19.0 Å². The van der Waals surface area contributed by atoms with E-state index < -0.39 is 5.97 Å². The highest BCUT2D eigenvalue weighted by atomic mass is 32.1. The Morgan fingerprint density at radius 1 is 1.39 bits per heavy atom. The SMILES string of the molecule is CCOC(=O)c1sc(OCc2ccccc2OC)c(C#N)c1N. The average Bonchev–Trinajstić information content (AvgIpc) is 2.89. The zero-order chi connectivity index (χ0) is 16.8. The van der Waals surface area contributed by atoms with E-state index in [4.69, 9.17) is 19.9 Å². The summed E-state index contributed by atoms with van der Waals surface area (Å²) in [5, 5.41) is 9.53. The summed E-state index contributed by atoms with van der Waals surface area (Å²) in [6.45, 7) is 2.13. The van der Waals surface area contributed by atoms with E-state index in [1.165, 1.54) is 0 Å². The first kappa shape index (κ1) is 16.6. The highest BCUT2D eigenvalue weighted by Crippen LogP contribution is 2.38. The van der Waals surface area contributed by atoms with Crippen molar-refractivity contribution >= 4 is 23.0 Å². The van der Waals surface area contributed by atoms with Gasteiger partial charge < -0.3 is 19.9 Å². The van der Waals surface area contributed by atoms with Crippen LogP contribution >= 0.6 is 11.3 Å². The standard InChI is InChI=1S/C16H16N2O4S/c1-3-21-15(19)14-13(18)11(8-17)16(23-14)22-9-10-6-4-5-7-12(10)20-2/h4-7H,3,9,18H2,1-2H3. The predicted molar refractivity (Wildman–Crippen MR) is 86.7 cm³/mol. The number of ether oxygens (including phenoxy) is 3. The Kier molecular flexibility index (Phi) is 5.44. The van der Waals surface area contributed by atoms with Gasteiger partial charge in [-0.3, -0.25) is 0 Å². The monoisotopic (exact) mass is 332 g/mol. The predicted octanol–water partition coefficient (Wildman–Crippen LogP) is 2.97. The largest absolute Gasteiger partial charge is 0.496 e. The lowest BCUT2D eigenvalue weighted by atomic mass is 10.2. The lowest BCUT2D eigenvalue weighted by Crippen LogP contribution is -2.05. The maximum Gasteiger partial charge on any atom is 0.350 e. The Morgan fingerprint density at radius 3 is 2.78 bits per heavy atom. The number of nitrogens with zero attached hydrogens (tertiary/aromatic N) is 1. The van der Waals surface area contributed by atoms with Gasteiger partial charge in [-0.25, -0.2) is 4.79 Å². The van der Waals surface area contributed by atoms with Crippen molar-refractivity contribution in [1.82, 2.24) is 0 Å². The Hall–Kier alpha value is -2.72. The molecule has 0 saturated heterocycles. The number of nitrogen functional groups attached to an aromatic ring is 1. The van der Waals surface area contributed by atoms with Gasteiger partial charge in [0.1, 0.15) is 28.9 Å². The molecule has 120 valence electrons. The van der Waals surface area contributed by atoms with Crippen LogP contribution in [-0.2, 0) is 11.3 Å². The summed E-state index contributed by atoms with van der Waals surface area (Å²) in [6, 6.07) is 9.35. The molecule has 0 aliphatic carbocycles. The van der Waals surface area contributed by atoms with Gasteiger partial charge in [0.25, 0.3) is 0 Å². The van der Waals surface area contributed by atoms with Gasteiger partial charge >= 0.3 is 5.97 Å². The number of benzene rings is 1. The average molecular weight is 332 g/mol. The maximum absolute atomic E-state index is 11.8. The second-order valence-corrected chi connectivity index (χ2v) is 5.42. The van der Waals surface area contributed by atoms with Crippen molar-refractivity contribution in [2.24, 2.45) is 0 Å². The van der Waals surface area contributed by atoms with Gasteiger partial charge in [0.15, 0.2) is 5.06 Å². The Labute approximate surface area is 138 Å². The molecule has 23 heavy (non-hydrogen) atoms. The van der Waals surface area contributed by atoms with Gasteiger partial charge in [0, 0.05) is 5.56 Å². The van der Waals surface area contributed by atoms with E-state index in [2.05, 4.69) is 0 Å².